The van der Waals surface area contributed by atoms with Crippen molar-refractivity contribution in [3.8, 4) is 6.07 Å². The summed E-state index contributed by atoms with van der Waals surface area (Å²) in [5.41, 5.74) is 8.86. The van der Waals surface area contributed by atoms with Crippen molar-refractivity contribution >= 4 is 11.6 Å². The number of aromatic nitrogens is 2. The maximum absolute atomic E-state index is 9.30. The van der Waals surface area contributed by atoms with Crippen molar-refractivity contribution in [2.24, 2.45) is 0 Å². The third kappa shape index (κ3) is 2.70. The number of benzene rings is 1. The molecule has 0 unspecified atom stereocenters. The van der Waals surface area contributed by atoms with Gasteiger partial charge in [-0.15, -0.1) is 0 Å². The monoisotopic (exact) mass is 281 g/mol. The van der Waals surface area contributed by atoms with Gasteiger partial charge in [-0.3, -0.25) is 0 Å². The largest absolute Gasteiger partial charge is 0.383 e. The van der Waals surface area contributed by atoms with Gasteiger partial charge in [-0.05, 0) is 31.7 Å². The van der Waals surface area contributed by atoms with E-state index >= 15 is 0 Å². The lowest BCUT2D eigenvalue weighted by Crippen LogP contribution is -2.27. The third-order valence-electron chi connectivity index (χ3n) is 3.96. The highest BCUT2D eigenvalue weighted by Gasteiger charge is 2.22. The highest BCUT2D eigenvalue weighted by atomic mass is 15.3. The summed E-state index contributed by atoms with van der Waals surface area (Å²) < 4.78 is 1.70. The molecule has 2 aromatic rings. The second-order valence-corrected chi connectivity index (χ2v) is 5.64. The van der Waals surface area contributed by atoms with Gasteiger partial charge in [0.1, 0.15) is 17.5 Å². The van der Waals surface area contributed by atoms with Gasteiger partial charge in [0.05, 0.1) is 6.54 Å². The van der Waals surface area contributed by atoms with E-state index in [1.54, 1.807) is 4.68 Å². The van der Waals surface area contributed by atoms with Crippen molar-refractivity contribution in [2.75, 3.05) is 11.1 Å². The fourth-order valence-electron chi connectivity index (χ4n) is 2.54. The summed E-state index contributed by atoms with van der Waals surface area (Å²) in [6.45, 7) is 2.63. The lowest BCUT2D eigenvalue weighted by molar-refractivity contribution is 0.443. The van der Waals surface area contributed by atoms with Crippen molar-refractivity contribution < 1.29 is 0 Å². The minimum atomic E-state index is 0.429. The summed E-state index contributed by atoms with van der Waals surface area (Å²) in [5.74, 6) is 1.05. The Balaban J connectivity index is 1.86. The summed E-state index contributed by atoms with van der Waals surface area (Å²) in [4.78, 5) is 0. The molecule has 1 aliphatic carbocycles. The van der Waals surface area contributed by atoms with Crippen LogP contribution in [0.25, 0.3) is 0 Å². The van der Waals surface area contributed by atoms with Crippen LogP contribution in [0.15, 0.2) is 24.3 Å². The number of nitrogens with zero attached hydrogens (tertiary/aromatic N) is 3. The quantitative estimate of drug-likeness (QED) is 0.903. The first-order valence-electron chi connectivity index (χ1n) is 7.26. The molecule has 0 aliphatic heterocycles. The average molecular weight is 281 g/mol. The van der Waals surface area contributed by atoms with Gasteiger partial charge in [0.2, 0.25) is 0 Å². The highest BCUT2D eigenvalue weighted by molar-refractivity contribution is 5.64. The fourth-order valence-corrected chi connectivity index (χ4v) is 2.54. The van der Waals surface area contributed by atoms with E-state index in [1.165, 1.54) is 12.0 Å². The number of rotatable bonds is 4. The van der Waals surface area contributed by atoms with Crippen LogP contribution in [0.2, 0.25) is 0 Å². The molecular weight excluding hydrogens is 262 g/mol. The Bertz CT molecular complexity index is 691. The van der Waals surface area contributed by atoms with Gasteiger partial charge in [-0.1, -0.05) is 29.8 Å². The third-order valence-corrected chi connectivity index (χ3v) is 3.96. The molecule has 5 heteroatoms. The zero-order chi connectivity index (χ0) is 14.8. The van der Waals surface area contributed by atoms with Crippen LogP contribution in [0.5, 0.6) is 0 Å². The number of nitriles is 1. The van der Waals surface area contributed by atoms with Gasteiger partial charge in [-0.2, -0.15) is 10.4 Å². The van der Waals surface area contributed by atoms with E-state index in [2.05, 4.69) is 35.5 Å². The normalized spacial score (nSPS) is 14.5. The first-order valence-corrected chi connectivity index (χ1v) is 7.26. The average Bonchev–Trinajstić information content (AvgIpc) is 2.70. The van der Waals surface area contributed by atoms with Gasteiger partial charge in [-0.25, -0.2) is 4.68 Å². The van der Waals surface area contributed by atoms with Gasteiger partial charge in [0.15, 0.2) is 5.82 Å². The molecule has 0 amide bonds. The SMILES string of the molecule is Cc1cccc(Cn2nc(NC3CCC3)c(C#N)c2N)c1. The van der Waals surface area contributed by atoms with E-state index in [1.807, 2.05) is 12.1 Å². The Labute approximate surface area is 124 Å². The number of aryl methyl sites for hydroxylation is 1. The molecule has 108 valence electrons. The van der Waals surface area contributed by atoms with Crippen LogP contribution in [-0.2, 0) is 6.54 Å². The van der Waals surface area contributed by atoms with Crippen LogP contribution >= 0.6 is 0 Å². The van der Waals surface area contributed by atoms with E-state index in [-0.39, 0.29) is 0 Å². The van der Waals surface area contributed by atoms with E-state index < -0.39 is 0 Å². The number of hydrogen-bond donors (Lipinski definition) is 2. The molecule has 1 aliphatic rings. The maximum atomic E-state index is 9.30. The fraction of sp³-hybridized carbons (Fsp3) is 0.375. The number of anilines is 2. The van der Waals surface area contributed by atoms with Crippen molar-refractivity contribution in [1.82, 2.24) is 9.78 Å². The van der Waals surface area contributed by atoms with Crippen LogP contribution in [-0.4, -0.2) is 15.8 Å². The Morgan fingerprint density at radius 3 is 2.90 bits per heavy atom. The summed E-state index contributed by atoms with van der Waals surface area (Å²) in [7, 11) is 0. The molecule has 3 rings (SSSR count). The smallest absolute Gasteiger partial charge is 0.168 e. The van der Waals surface area contributed by atoms with Crippen LogP contribution < -0.4 is 11.1 Å². The first kappa shape index (κ1) is 13.5. The maximum Gasteiger partial charge on any atom is 0.168 e. The zero-order valence-corrected chi connectivity index (χ0v) is 12.1. The Hall–Kier alpha value is -2.48. The summed E-state index contributed by atoms with van der Waals surface area (Å²) in [6.07, 6.45) is 3.50. The van der Waals surface area contributed by atoms with Crippen LogP contribution in [0.1, 0.15) is 36.0 Å². The molecule has 1 aromatic heterocycles. The topological polar surface area (TPSA) is 79.7 Å². The predicted octanol–water partition coefficient (Wildman–Crippen LogP) is 2.66. The summed E-state index contributed by atoms with van der Waals surface area (Å²) in [5, 5.41) is 17.1. The second kappa shape index (κ2) is 5.49. The molecule has 3 N–H and O–H groups in total. The Kier molecular flexibility index (Phi) is 3.53. The number of hydrogen-bond acceptors (Lipinski definition) is 4. The summed E-state index contributed by atoms with van der Waals surface area (Å²) >= 11 is 0. The van der Waals surface area contributed by atoms with Gasteiger partial charge in [0, 0.05) is 6.04 Å². The molecule has 1 aromatic carbocycles. The molecule has 5 nitrogen and oxygen atoms in total. The molecule has 21 heavy (non-hydrogen) atoms. The van der Waals surface area contributed by atoms with Gasteiger partial charge < -0.3 is 11.1 Å². The second-order valence-electron chi connectivity index (χ2n) is 5.64. The van der Waals surface area contributed by atoms with Crippen molar-refractivity contribution in [3.05, 3.63) is 41.0 Å². The van der Waals surface area contributed by atoms with Crippen molar-refractivity contribution in [1.29, 1.82) is 5.26 Å². The minimum absolute atomic E-state index is 0.429. The van der Waals surface area contributed by atoms with Gasteiger partial charge >= 0.3 is 0 Å². The molecule has 1 heterocycles. The molecule has 0 radical (unpaired) electrons. The molecule has 0 atom stereocenters. The standard InChI is InChI=1S/C16H19N5/c1-11-4-2-5-12(8-11)10-21-15(18)14(9-17)16(20-21)19-13-6-3-7-13/h2,4-5,8,13H,3,6-7,10,18H2,1H3,(H,19,20). The van der Waals surface area contributed by atoms with E-state index in [9.17, 15) is 5.26 Å². The van der Waals surface area contributed by atoms with E-state index in [0.717, 1.165) is 18.4 Å². The molecular formula is C16H19N5. The number of nitrogen functional groups attached to an aromatic ring is 1. The molecule has 0 spiro atoms. The number of nitrogens with one attached hydrogen (secondary N) is 1. The van der Waals surface area contributed by atoms with Crippen LogP contribution in [0.3, 0.4) is 0 Å². The van der Waals surface area contributed by atoms with Crippen LogP contribution in [0.4, 0.5) is 11.6 Å². The molecule has 0 bridgehead atoms. The zero-order valence-electron chi connectivity index (χ0n) is 12.1. The van der Waals surface area contributed by atoms with Crippen LogP contribution in [0, 0.1) is 18.3 Å². The predicted molar refractivity (Wildman–Crippen MR) is 82.9 cm³/mol. The summed E-state index contributed by atoms with van der Waals surface area (Å²) in [6, 6.07) is 10.8. The van der Waals surface area contributed by atoms with E-state index in [0.29, 0.717) is 29.8 Å². The molecule has 1 fully saturated rings. The highest BCUT2D eigenvalue weighted by Crippen LogP contribution is 2.27. The lowest BCUT2D eigenvalue weighted by atomic mass is 9.93. The molecule has 1 saturated carbocycles. The lowest BCUT2D eigenvalue weighted by Gasteiger charge is -2.26. The molecule has 0 saturated heterocycles. The van der Waals surface area contributed by atoms with Crippen molar-refractivity contribution in [2.45, 2.75) is 38.8 Å². The Morgan fingerprint density at radius 1 is 1.48 bits per heavy atom. The van der Waals surface area contributed by atoms with E-state index in [4.69, 9.17) is 5.73 Å². The number of nitrogens with two attached hydrogens (primary N) is 1. The minimum Gasteiger partial charge on any atom is -0.383 e. The van der Waals surface area contributed by atoms with Gasteiger partial charge in [0.25, 0.3) is 0 Å². The Morgan fingerprint density at radius 2 is 2.29 bits per heavy atom. The van der Waals surface area contributed by atoms with Crippen molar-refractivity contribution in [3.63, 3.8) is 0 Å². The first-order chi connectivity index (χ1) is 10.2.